The van der Waals surface area contributed by atoms with Gasteiger partial charge in [-0.2, -0.15) is 13.2 Å². The standard InChI is InChI=1S/C19H20F3N3O5S/c1-9-15(23-12(4)26)10(2)17(11(3)16(9)24-18(28)19(20,21)22)31(29,30)25-13-5-7-14(27)8-6-13/h5-8,25,27H,1-4H3,(H,23,26)(H,24,28). The van der Waals surface area contributed by atoms with Gasteiger partial charge in [-0.1, -0.05) is 0 Å². The van der Waals surface area contributed by atoms with E-state index in [0.29, 0.717) is 0 Å². The van der Waals surface area contributed by atoms with Crippen LogP contribution in [0.25, 0.3) is 0 Å². The molecule has 0 unspecified atom stereocenters. The molecule has 0 atom stereocenters. The number of benzene rings is 2. The van der Waals surface area contributed by atoms with Crippen LogP contribution in [-0.2, 0) is 19.6 Å². The molecule has 168 valence electrons. The number of phenolic OH excluding ortho intramolecular Hbond substituents is 1. The summed E-state index contributed by atoms with van der Waals surface area (Å²) in [4.78, 5) is 22.7. The van der Waals surface area contributed by atoms with Crippen LogP contribution in [0.3, 0.4) is 0 Å². The minimum atomic E-state index is -5.21. The Morgan fingerprint density at radius 1 is 0.903 bits per heavy atom. The van der Waals surface area contributed by atoms with E-state index in [1.807, 2.05) is 0 Å². The lowest BCUT2D eigenvalue weighted by molar-refractivity contribution is -0.167. The number of rotatable bonds is 5. The molecule has 2 aromatic carbocycles. The zero-order valence-electron chi connectivity index (χ0n) is 16.9. The maximum atomic E-state index is 13.1. The molecule has 2 rings (SSSR count). The molecule has 0 heterocycles. The highest BCUT2D eigenvalue weighted by Crippen LogP contribution is 2.38. The highest BCUT2D eigenvalue weighted by Gasteiger charge is 2.40. The minimum absolute atomic E-state index is 0.0401. The third-order valence-corrected chi connectivity index (χ3v) is 6.02. The van der Waals surface area contributed by atoms with Gasteiger partial charge in [0.1, 0.15) is 5.75 Å². The Balaban J connectivity index is 2.72. The Bertz CT molecular complexity index is 1140. The van der Waals surface area contributed by atoms with Gasteiger partial charge in [-0.3, -0.25) is 14.3 Å². The van der Waals surface area contributed by atoms with Gasteiger partial charge in [0, 0.05) is 12.6 Å². The number of amides is 2. The van der Waals surface area contributed by atoms with E-state index in [9.17, 15) is 36.3 Å². The van der Waals surface area contributed by atoms with Gasteiger partial charge < -0.3 is 15.7 Å². The average molecular weight is 459 g/mol. The number of halogens is 3. The molecule has 2 aromatic rings. The summed E-state index contributed by atoms with van der Waals surface area (Å²) in [6.07, 6.45) is -5.21. The molecule has 0 bridgehead atoms. The summed E-state index contributed by atoms with van der Waals surface area (Å²) in [6, 6.07) is 5.05. The lowest BCUT2D eigenvalue weighted by Gasteiger charge is -2.23. The summed E-state index contributed by atoms with van der Waals surface area (Å²) in [5.41, 5.74) is -0.357. The Kier molecular flexibility index (Phi) is 6.54. The molecular formula is C19H20F3N3O5S. The maximum Gasteiger partial charge on any atom is 0.471 e. The van der Waals surface area contributed by atoms with Crippen molar-refractivity contribution < 1.29 is 36.3 Å². The maximum absolute atomic E-state index is 13.1. The van der Waals surface area contributed by atoms with Crippen LogP contribution in [0.4, 0.5) is 30.2 Å². The van der Waals surface area contributed by atoms with Crippen LogP contribution in [-0.4, -0.2) is 31.5 Å². The van der Waals surface area contributed by atoms with Gasteiger partial charge in [-0.25, -0.2) is 8.42 Å². The highest BCUT2D eigenvalue weighted by atomic mass is 32.2. The van der Waals surface area contributed by atoms with Crippen LogP contribution < -0.4 is 15.4 Å². The smallest absolute Gasteiger partial charge is 0.471 e. The predicted octanol–water partition coefficient (Wildman–Crippen LogP) is 3.58. The fourth-order valence-corrected chi connectivity index (χ4v) is 4.63. The molecule has 0 saturated heterocycles. The molecule has 0 radical (unpaired) electrons. The van der Waals surface area contributed by atoms with Crippen molar-refractivity contribution >= 4 is 38.9 Å². The van der Waals surface area contributed by atoms with E-state index in [-0.39, 0.29) is 39.5 Å². The van der Waals surface area contributed by atoms with Crippen molar-refractivity contribution in [3.63, 3.8) is 0 Å². The van der Waals surface area contributed by atoms with Gasteiger partial charge >= 0.3 is 12.1 Å². The summed E-state index contributed by atoms with van der Waals surface area (Å²) < 4.78 is 66.9. The third kappa shape index (κ3) is 5.26. The van der Waals surface area contributed by atoms with Gasteiger partial charge in [-0.15, -0.1) is 0 Å². The Morgan fingerprint density at radius 3 is 1.84 bits per heavy atom. The minimum Gasteiger partial charge on any atom is -0.508 e. The lowest BCUT2D eigenvalue weighted by Crippen LogP contribution is -2.31. The largest absolute Gasteiger partial charge is 0.508 e. The van der Waals surface area contributed by atoms with Crippen LogP contribution in [0.2, 0.25) is 0 Å². The fraction of sp³-hybridized carbons (Fsp3) is 0.263. The quantitative estimate of drug-likeness (QED) is 0.509. The van der Waals surface area contributed by atoms with Crippen LogP contribution >= 0.6 is 0 Å². The molecule has 0 aliphatic carbocycles. The predicted molar refractivity (Wildman–Crippen MR) is 109 cm³/mol. The number of hydrogen-bond donors (Lipinski definition) is 4. The molecule has 12 heteroatoms. The molecule has 8 nitrogen and oxygen atoms in total. The first-order chi connectivity index (χ1) is 14.1. The summed E-state index contributed by atoms with van der Waals surface area (Å²) >= 11 is 0. The van der Waals surface area contributed by atoms with Crippen LogP contribution in [0.1, 0.15) is 23.6 Å². The van der Waals surface area contributed by atoms with Gasteiger partial charge in [0.05, 0.1) is 16.3 Å². The Labute approximate surface area is 176 Å². The Morgan fingerprint density at radius 2 is 1.39 bits per heavy atom. The van der Waals surface area contributed by atoms with Crippen LogP contribution in [0.5, 0.6) is 5.75 Å². The number of carbonyl (C=O) groups excluding carboxylic acids is 2. The van der Waals surface area contributed by atoms with Gasteiger partial charge in [0.25, 0.3) is 10.0 Å². The number of alkyl halides is 3. The first-order valence-corrected chi connectivity index (χ1v) is 10.2. The topological polar surface area (TPSA) is 125 Å². The van der Waals surface area contributed by atoms with Gasteiger partial charge in [-0.05, 0) is 61.7 Å². The second-order valence-electron chi connectivity index (χ2n) is 6.74. The van der Waals surface area contributed by atoms with E-state index in [2.05, 4.69) is 10.0 Å². The number of anilines is 3. The normalized spacial score (nSPS) is 11.7. The molecular weight excluding hydrogens is 439 g/mol. The highest BCUT2D eigenvalue weighted by molar-refractivity contribution is 7.92. The van der Waals surface area contributed by atoms with E-state index in [1.54, 1.807) is 5.32 Å². The van der Waals surface area contributed by atoms with Crippen molar-refractivity contribution in [1.29, 1.82) is 0 Å². The molecule has 0 aliphatic rings. The summed E-state index contributed by atoms with van der Waals surface area (Å²) in [5, 5.41) is 13.5. The third-order valence-electron chi connectivity index (χ3n) is 4.37. The summed E-state index contributed by atoms with van der Waals surface area (Å²) in [7, 11) is -4.37. The summed E-state index contributed by atoms with van der Waals surface area (Å²) in [5.74, 6) is -2.97. The molecule has 0 spiro atoms. The van der Waals surface area contributed by atoms with Crippen molar-refractivity contribution in [3.8, 4) is 5.75 Å². The average Bonchev–Trinajstić information content (AvgIpc) is 2.62. The second-order valence-corrected chi connectivity index (χ2v) is 8.36. The van der Waals surface area contributed by atoms with Crippen LogP contribution in [0.15, 0.2) is 29.2 Å². The van der Waals surface area contributed by atoms with E-state index < -0.39 is 32.9 Å². The molecule has 0 aromatic heterocycles. The fourth-order valence-electron chi connectivity index (χ4n) is 3.07. The lowest BCUT2D eigenvalue weighted by atomic mass is 10.0. The van der Waals surface area contributed by atoms with Gasteiger partial charge in [0.15, 0.2) is 0 Å². The van der Waals surface area contributed by atoms with Crippen molar-refractivity contribution in [2.75, 3.05) is 15.4 Å². The van der Waals surface area contributed by atoms with Crippen LogP contribution in [0, 0.1) is 20.8 Å². The molecule has 4 N–H and O–H groups in total. The number of sulfonamides is 1. The zero-order chi connectivity index (χ0) is 23.7. The molecule has 0 aliphatic heterocycles. The number of carbonyl (C=O) groups is 2. The first kappa shape index (κ1) is 24.0. The molecule has 0 saturated carbocycles. The van der Waals surface area contributed by atoms with E-state index >= 15 is 0 Å². The van der Waals surface area contributed by atoms with Gasteiger partial charge in [0.2, 0.25) is 5.91 Å². The Hall–Kier alpha value is -3.28. The number of nitrogens with one attached hydrogen (secondary N) is 3. The molecule has 31 heavy (non-hydrogen) atoms. The molecule has 0 fully saturated rings. The number of hydrogen-bond acceptors (Lipinski definition) is 5. The van der Waals surface area contributed by atoms with Crippen molar-refractivity contribution in [3.05, 3.63) is 41.0 Å². The molecule has 2 amide bonds. The monoisotopic (exact) mass is 459 g/mol. The SMILES string of the molecule is CC(=O)Nc1c(C)c(NC(=O)C(F)(F)F)c(C)c(S(=O)(=O)Nc2ccc(O)cc2)c1C. The first-order valence-electron chi connectivity index (χ1n) is 8.76. The van der Waals surface area contributed by atoms with E-state index in [0.717, 1.165) is 6.92 Å². The summed E-state index contributed by atoms with van der Waals surface area (Å²) in [6.45, 7) is 5.12. The number of aromatic hydroxyl groups is 1. The zero-order valence-corrected chi connectivity index (χ0v) is 17.7. The van der Waals surface area contributed by atoms with E-state index in [4.69, 9.17) is 0 Å². The number of phenols is 1. The van der Waals surface area contributed by atoms with Crippen molar-refractivity contribution in [2.24, 2.45) is 0 Å². The van der Waals surface area contributed by atoms with E-state index in [1.165, 1.54) is 45.0 Å². The van der Waals surface area contributed by atoms with Crippen molar-refractivity contribution in [1.82, 2.24) is 0 Å². The van der Waals surface area contributed by atoms with Crippen molar-refractivity contribution in [2.45, 2.75) is 38.8 Å². The second kappa shape index (κ2) is 8.46.